The number of rotatable bonds is 4. The molecule has 0 saturated carbocycles. The average Bonchev–Trinajstić information content (AvgIpc) is 2.40. The van der Waals surface area contributed by atoms with Crippen LogP contribution in [-0.2, 0) is 5.75 Å². The highest BCUT2D eigenvalue weighted by Gasteiger charge is 2.04. The van der Waals surface area contributed by atoms with E-state index in [0.29, 0.717) is 0 Å². The van der Waals surface area contributed by atoms with Crippen molar-refractivity contribution in [2.24, 2.45) is 0 Å². The fourth-order valence-corrected chi connectivity index (χ4v) is 2.81. The van der Waals surface area contributed by atoms with Crippen molar-refractivity contribution in [3.8, 4) is 5.75 Å². The molecule has 0 atom stereocenters. The molecule has 3 heteroatoms. The van der Waals surface area contributed by atoms with E-state index in [-0.39, 0.29) is 0 Å². The molecule has 94 valence electrons. The zero-order valence-electron chi connectivity index (χ0n) is 10.6. The van der Waals surface area contributed by atoms with Crippen molar-refractivity contribution in [1.82, 2.24) is 0 Å². The molecular formula is C15H17NOS. The molecule has 2 rings (SSSR count). The maximum atomic E-state index is 5.81. The lowest BCUT2D eigenvalue weighted by molar-refractivity contribution is 0.411. The van der Waals surface area contributed by atoms with Gasteiger partial charge < -0.3 is 10.5 Å². The van der Waals surface area contributed by atoms with Crippen molar-refractivity contribution < 1.29 is 4.74 Å². The van der Waals surface area contributed by atoms with Crippen molar-refractivity contribution in [2.75, 3.05) is 12.8 Å². The van der Waals surface area contributed by atoms with Crippen LogP contribution in [0.25, 0.3) is 0 Å². The van der Waals surface area contributed by atoms with E-state index in [0.717, 1.165) is 17.2 Å². The highest BCUT2D eigenvalue weighted by atomic mass is 32.2. The van der Waals surface area contributed by atoms with Crippen molar-refractivity contribution >= 4 is 17.4 Å². The molecule has 0 unspecified atom stereocenters. The van der Waals surface area contributed by atoms with Gasteiger partial charge in [-0.25, -0.2) is 0 Å². The van der Waals surface area contributed by atoms with Crippen LogP contribution in [0.3, 0.4) is 0 Å². The van der Waals surface area contributed by atoms with Crippen LogP contribution in [0.4, 0.5) is 5.69 Å². The molecule has 2 aromatic carbocycles. The SMILES string of the molecule is COc1ccccc1CSc1cc(N)ccc1C. The Kier molecular flexibility index (Phi) is 4.15. The Morgan fingerprint density at radius 2 is 1.94 bits per heavy atom. The number of methoxy groups -OCH3 is 1. The van der Waals surface area contributed by atoms with E-state index in [4.69, 9.17) is 10.5 Å². The third-order valence-electron chi connectivity index (χ3n) is 2.79. The molecule has 0 aromatic heterocycles. The zero-order chi connectivity index (χ0) is 13.0. The highest BCUT2D eigenvalue weighted by molar-refractivity contribution is 7.98. The summed E-state index contributed by atoms with van der Waals surface area (Å²) in [5.41, 5.74) is 9.08. The van der Waals surface area contributed by atoms with E-state index in [2.05, 4.69) is 19.1 Å². The number of nitrogens with two attached hydrogens (primary N) is 1. The molecule has 18 heavy (non-hydrogen) atoms. The van der Waals surface area contributed by atoms with Crippen molar-refractivity contribution in [1.29, 1.82) is 0 Å². The van der Waals surface area contributed by atoms with Gasteiger partial charge in [0, 0.05) is 21.9 Å². The fraction of sp³-hybridized carbons (Fsp3) is 0.200. The van der Waals surface area contributed by atoms with Gasteiger partial charge in [0.15, 0.2) is 0 Å². The van der Waals surface area contributed by atoms with Gasteiger partial charge in [-0.2, -0.15) is 0 Å². The number of para-hydroxylation sites is 1. The fourth-order valence-electron chi connectivity index (χ4n) is 1.75. The van der Waals surface area contributed by atoms with Gasteiger partial charge in [-0.05, 0) is 30.7 Å². The summed E-state index contributed by atoms with van der Waals surface area (Å²) in [4.78, 5) is 1.22. The summed E-state index contributed by atoms with van der Waals surface area (Å²) < 4.78 is 5.35. The first kappa shape index (κ1) is 12.8. The Balaban J connectivity index is 2.14. The monoisotopic (exact) mass is 259 g/mol. The van der Waals surface area contributed by atoms with E-state index in [1.165, 1.54) is 16.0 Å². The van der Waals surface area contributed by atoms with Crippen LogP contribution in [-0.4, -0.2) is 7.11 Å². The topological polar surface area (TPSA) is 35.2 Å². The Bertz CT molecular complexity index is 540. The van der Waals surface area contributed by atoms with Gasteiger partial charge in [-0.15, -0.1) is 11.8 Å². The summed E-state index contributed by atoms with van der Waals surface area (Å²) in [7, 11) is 1.70. The molecule has 0 bridgehead atoms. The van der Waals surface area contributed by atoms with Crippen molar-refractivity contribution in [3.05, 3.63) is 53.6 Å². The maximum absolute atomic E-state index is 5.81. The second kappa shape index (κ2) is 5.83. The van der Waals surface area contributed by atoms with Gasteiger partial charge >= 0.3 is 0 Å². The zero-order valence-corrected chi connectivity index (χ0v) is 11.5. The standard InChI is InChI=1S/C15H17NOS/c1-11-7-8-13(16)9-15(11)18-10-12-5-3-4-6-14(12)17-2/h3-9H,10,16H2,1-2H3. The molecule has 0 saturated heterocycles. The van der Waals surface area contributed by atoms with Gasteiger partial charge in [0.1, 0.15) is 5.75 Å². The summed E-state index contributed by atoms with van der Waals surface area (Å²) in [5.74, 6) is 1.82. The third-order valence-corrected chi connectivity index (χ3v) is 3.99. The Morgan fingerprint density at radius 1 is 1.17 bits per heavy atom. The van der Waals surface area contributed by atoms with Gasteiger partial charge in [0.05, 0.1) is 7.11 Å². The molecule has 0 aliphatic carbocycles. The van der Waals surface area contributed by atoms with Gasteiger partial charge in [-0.1, -0.05) is 24.3 Å². The minimum Gasteiger partial charge on any atom is -0.496 e. The molecule has 0 heterocycles. The first-order valence-electron chi connectivity index (χ1n) is 5.81. The molecule has 2 N–H and O–H groups in total. The summed E-state index contributed by atoms with van der Waals surface area (Å²) in [6.07, 6.45) is 0. The van der Waals surface area contributed by atoms with Gasteiger partial charge in [0.25, 0.3) is 0 Å². The third kappa shape index (κ3) is 2.99. The van der Waals surface area contributed by atoms with Crippen molar-refractivity contribution in [2.45, 2.75) is 17.6 Å². The normalized spacial score (nSPS) is 10.3. The number of thioether (sulfide) groups is 1. The van der Waals surface area contributed by atoms with E-state index >= 15 is 0 Å². The molecule has 0 radical (unpaired) electrons. The molecule has 0 fully saturated rings. The minimum atomic E-state index is 0.808. The second-order valence-corrected chi connectivity index (χ2v) is 5.14. The molecule has 2 aromatic rings. The number of nitrogen functional groups attached to an aromatic ring is 1. The van der Waals surface area contributed by atoms with Gasteiger partial charge in [-0.3, -0.25) is 0 Å². The van der Waals surface area contributed by atoms with E-state index in [1.54, 1.807) is 18.9 Å². The molecule has 0 spiro atoms. The van der Waals surface area contributed by atoms with Crippen LogP contribution in [0.2, 0.25) is 0 Å². The average molecular weight is 259 g/mol. The van der Waals surface area contributed by atoms with Crippen LogP contribution in [0.1, 0.15) is 11.1 Å². The highest BCUT2D eigenvalue weighted by Crippen LogP contribution is 2.30. The smallest absolute Gasteiger partial charge is 0.122 e. The Hall–Kier alpha value is -1.61. The number of hydrogen-bond donors (Lipinski definition) is 1. The largest absolute Gasteiger partial charge is 0.496 e. The number of hydrogen-bond acceptors (Lipinski definition) is 3. The summed E-state index contributed by atoms with van der Waals surface area (Å²) in [6.45, 7) is 2.10. The molecule has 0 aliphatic rings. The number of benzene rings is 2. The molecule has 0 amide bonds. The molecule has 2 nitrogen and oxygen atoms in total. The Labute approximate surface area is 112 Å². The molecular weight excluding hydrogens is 242 g/mol. The Morgan fingerprint density at radius 3 is 2.72 bits per heavy atom. The van der Waals surface area contributed by atoms with Gasteiger partial charge in [0.2, 0.25) is 0 Å². The predicted octanol–water partition coefficient (Wildman–Crippen LogP) is 3.88. The molecule has 0 aliphatic heterocycles. The maximum Gasteiger partial charge on any atom is 0.122 e. The number of aryl methyl sites for hydroxylation is 1. The lowest BCUT2D eigenvalue weighted by atomic mass is 10.2. The van der Waals surface area contributed by atoms with Crippen LogP contribution in [0, 0.1) is 6.92 Å². The van der Waals surface area contributed by atoms with Crippen LogP contribution >= 0.6 is 11.8 Å². The summed E-state index contributed by atoms with van der Waals surface area (Å²) >= 11 is 1.78. The lowest BCUT2D eigenvalue weighted by Gasteiger charge is -2.09. The van der Waals surface area contributed by atoms with E-state index < -0.39 is 0 Å². The number of ether oxygens (including phenoxy) is 1. The first-order valence-corrected chi connectivity index (χ1v) is 6.80. The predicted molar refractivity (Wildman–Crippen MR) is 78.1 cm³/mol. The van der Waals surface area contributed by atoms with E-state index in [9.17, 15) is 0 Å². The van der Waals surface area contributed by atoms with Crippen LogP contribution in [0.5, 0.6) is 5.75 Å². The first-order chi connectivity index (χ1) is 8.70. The second-order valence-electron chi connectivity index (χ2n) is 4.13. The van der Waals surface area contributed by atoms with Crippen molar-refractivity contribution in [3.63, 3.8) is 0 Å². The number of anilines is 1. The minimum absolute atomic E-state index is 0.808. The quantitative estimate of drug-likeness (QED) is 0.668. The van der Waals surface area contributed by atoms with Crippen LogP contribution < -0.4 is 10.5 Å². The summed E-state index contributed by atoms with van der Waals surface area (Å²) in [5, 5.41) is 0. The summed E-state index contributed by atoms with van der Waals surface area (Å²) in [6, 6.07) is 14.1. The van der Waals surface area contributed by atoms with Crippen LogP contribution in [0.15, 0.2) is 47.4 Å². The van der Waals surface area contributed by atoms with E-state index in [1.807, 2.05) is 30.3 Å². The lowest BCUT2D eigenvalue weighted by Crippen LogP contribution is -1.91.